The highest BCUT2D eigenvalue weighted by atomic mass is 32.2. The van der Waals surface area contributed by atoms with Crippen LogP contribution in [0, 0.1) is 17.8 Å². The van der Waals surface area contributed by atoms with Gasteiger partial charge >= 0.3 is 5.97 Å². The monoisotopic (exact) mass is 536 g/mol. The zero-order valence-corrected chi connectivity index (χ0v) is 22.0. The van der Waals surface area contributed by atoms with Crippen molar-refractivity contribution >= 4 is 50.9 Å². The third kappa shape index (κ3) is 4.30. The molecule has 2 fully saturated rings. The van der Waals surface area contributed by atoms with E-state index in [0.29, 0.717) is 6.54 Å². The number of aliphatic hydroxyl groups is 1. The molecule has 1 amide bonds. The predicted molar refractivity (Wildman–Crippen MR) is 143 cm³/mol. The van der Waals surface area contributed by atoms with Gasteiger partial charge in [-0.1, -0.05) is 24.2 Å². The molecule has 2 aliphatic heterocycles. The van der Waals surface area contributed by atoms with Crippen molar-refractivity contribution in [3.05, 3.63) is 59.6 Å². The second-order valence-electron chi connectivity index (χ2n) is 9.96. The first-order valence-electron chi connectivity index (χ1n) is 12.6. The number of nitrogens with one attached hydrogen (secondary N) is 1. The Bertz CT molecular complexity index is 1390. The smallest absolute Gasteiger partial charge is 0.352 e. The number of anilines is 1. The summed E-state index contributed by atoms with van der Waals surface area (Å²) in [5, 5.41) is 23.6. The fourth-order valence-corrected chi connectivity index (χ4v) is 8.41. The van der Waals surface area contributed by atoms with E-state index in [4.69, 9.17) is 4.98 Å². The fourth-order valence-electron chi connectivity index (χ4n) is 6.12. The number of carboxylic acid groups (broad SMARTS) is 1. The first kappa shape index (κ1) is 24.4. The van der Waals surface area contributed by atoms with Gasteiger partial charge in [-0.25, -0.2) is 9.78 Å². The van der Waals surface area contributed by atoms with Crippen LogP contribution in [0.4, 0.5) is 5.69 Å². The lowest BCUT2D eigenvalue weighted by Gasteiger charge is -2.47. The van der Waals surface area contributed by atoms with Gasteiger partial charge in [-0.05, 0) is 61.6 Å². The van der Waals surface area contributed by atoms with Gasteiger partial charge in [-0.3, -0.25) is 9.78 Å². The normalized spacial score (nSPS) is 25.6. The summed E-state index contributed by atoms with van der Waals surface area (Å²) >= 11 is 3.30. The lowest BCUT2D eigenvalue weighted by atomic mass is 9.70. The number of carbonyl (C=O) groups is 2. The van der Waals surface area contributed by atoms with Crippen LogP contribution in [-0.4, -0.2) is 54.9 Å². The summed E-state index contributed by atoms with van der Waals surface area (Å²) in [5.74, 6) is -0.988. The van der Waals surface area contributed by atoms with E-state index in [2.05, 4.69) is 16.4 Å². The maximum Gasteiger partial charge on any atom is 0.352 e. The number of pyridine rings is 1. The van der Waals surface area contributed by atoms with Crippen LogP contribution in [0.25, 0.3) is 10.2 Å². The first-order valence-corrected chi connectivity index (χ1v) is 14.4. The molecule has 3 N–H and O–H groups in total. The molecule has 8 nitrogen and oxygen atoms in total. The van der Waals surface area contributed by atoms with E-state index in [1.807, 2.05) is 30.3 Å². The molecule has 4 heterocycles. The summed E-state index contributed by atoms with van der Waals surface area (Å²) < 4.78 is 2.05. The Morgan fingerprint density at radius 3 is 2.92 bits per heavy atom. The summed E-state index contributed by atoms with van der Waals surface area (Å²) in [6.07, 6.45) is 3.76. The van der Waals surface area contributed by atoms with E-state index in [1.54, 1.807) is 36.2 Å². The second-order valence-corrected chi connectivity index (χ2v) is 12.3. The molecule has 0 bridgehead atoms. The standard InChI is InChI=1S/C27H28N4O4S2/c1-14(32)21-23-18-7-4-5-15(22(18)24(26(34)35)31(23)25(21)33)13-36-27-30-19-9-8-16(11-20(19)37-27)29-12-17-6-2-3-10-28-17/h2-3,6,8-11,14-15,18,21,23,29,32H,4-5,7,12-13H2,1H3,(H,34,35)/t14-,15-,18+,21-,23-/m1/s1. The van der Waals surface area contributed by atoms with Crippen molar-refractivity contribution < 1.29 is 19.8 Å². The Morgan fingerprint density at radius 2 is 2.16 bits per heavy atom. The molecular formula is C27H28N4O4S2. The van der Waals surface area contributed by atoms with E-state index in [-0.39, 0.29) is 29.5 Å². The molecule has 1 saturated carbocycles. The van der Waals surface area contributed by atoms with Gasteiger partial charge in [0.1, 0.15) is 5.70 Å². The van der Waals surface area contributed by atoms with Gasteiger partial charge in [-0.2, -0.15) is 0 Å². The third-order valence-electron chi connectivity index (χ3n) is 7.72. The number of thioether (sulfide) groups is 1. The van der Waals surface area contributed by atoms with Crippen molar-refractivity contribution in [3.63, 3.8) is 0 Å². The van der Waals surface area contributed by atoms with Crippen molar-refractivity contribution in [1.82, 2.24) is 14.9 Å². The Kier molecular flexibility index (Phi) is 6.42. The van der Waals surface area contributed by atoms with Crippen LogP contribution < -0.4 is 5.32 Å². The number of amides is 1. The molecule has 37 heavy (non-hydrogen) atoms. The maximum atomic E-state index is 12.7. The van der Waals surface area contributed by atoms with Crippen LogP contribution in [-0.2, 0) is 16.1 Å². The lowest BCUT2D eigenvalue weighted by molar-refractivity contribution is -0.163. The largest absolute Gasteiger partial charge is 0.477 e. The van der Waals surface area contributed by atoms with Crippen LogP contribution in [0.3, 0.4) is 0 Å². The van der Waals surface area contributed by atoms with Crippen molar-refractivity contribution in [2.75, 3.05) is 11.1 Å². The number of hydrogen-bond acceptors (Lipinski definition) is 8. The van der Waals surface area contributed by atoms with E-state index in [1.165, 1.54) is 4.90 Å². The van der Waals surface area contributed by atoms with E-state index >= 15 is 0 Å². The number of hydrogen-bond donors (Lipinski definition) is 3. The molecule has 2 aromatic heterocycles. The molecule has 0 spiro atoms. The topological polar surface area (TPSA) is 116 Å². The van der Waals surface area contributed by atoms with Gasteiger partial charge < -0.3 is 20.4 Å². The molecule has 192 valence electrons. The van der Waals surface area contributed by atoms with Crippen molar-refractivity contribution in [3.8, 4) is 0 Å². The van der Waals surface area contributed by atoms with Crippen LogP contribution in [0.15, 0.2) is 58.2 Å². The van der Waals surface area contributed by atoms with Gasteiger partial charge in [-0.15, -0.1) is 11.3 Å². The average molecular weight is 537 g/mol. The number of β-lactam (4-membered cyclic amide) rings is 1. The Hall–Kier alpha value is -2.95. The molecule has 5 atom stereocenters. The van der Waals surface area contributed by atoms with Gasteiger partial charge in [0.2, 0.25) is 5.91 Å². The number of benzene rings is 1. The molecular weight excluding hydrogens is 508 g/mol. The molecule has 1 saturated heterocycles. The van der Waals surface area contributed by atoms with Crippen LogP contribution in [0.2, 0.25) is 0 Å². The molecule has 0 unspecified atom stereocenters. The highest BCUT2D eigenvalue weighted by Crippen LogP contribution is 2.54. The lowest BCUT2D eigenvalue weighted by Crippen LogP contribution is -2.64. The van der Waals surface area contributed by atoms with Gasteiger partial charge in [0, 0.05) is 23.6 Å². The molecule has 1 aliphatic carbocycles. The maximum absolute atomic E-state index is 12.7. The Labute approximate surface area is 222 Å². The van der Waals surface area contributed by atoms with Crippen LogP contribution in [0.5, 0.6) is 0 Å². The summed E-state index contributed by atoms with van der Waals surface area (Å²) in [6.45, 7) is 2.27. The summed E-state index contributed by atoms with van der Waals surface area (Å²) in [7, 11) is 0. The van der Waals surface area contributed by atoms with E-state index < -0.39 is 18.0 Å². The minimum atomic E-state index is -1.04. The average Bonchev–Trinajstić information content (AvgIpc) is 3.43. The van der Waals surface area contributed by atoms with Crippen LogP contribution >= 0.6 is 23.1 Å². The number of thiazole rings is 1. The third-order valence-corrected chi connectivity index (χ3v) is 10.0. The van der Waals surface area contributed by atoms with Gasteiger partial charge in [0.05, 0.1) is 40.5 Å². The van der Waals surface area contributed by atoms with Crippen molar-refractivity contribution in [1.29, 1.82) is 0 Å². The number of carboxylic acids is 1. The molecule has 1 aromatic carbocycles. The molecule has 0 radical (unpaired) electrons. The first-order chi connectivity index (χ1) is 17.9. The minimum Gasteiger partial charge on any atom is -0.477 e. The van der Waals surface area contributed by atoms with E-state index in [9.17, 15) is 19.8 Å². The highest BCUT2D eigenvalue weighted by molar-refractivity contribution is 8.01. The number of aliphatic hydroxyl groups excluding tert-OH is 1. The second kappa shape index (κ2) is 9.74. The summed E-state index contributed by atoms with van der Waals surface area (Å²) in [5.41, 5.74) is 3.99. The van der Waals surface area contributed by atoms with Crippen LogP contribution in [0.1, 0.15) is 31.9 Å². The summed E-state index contributed by atoms with van der Waals surface area (Å²) in [4.78, 5) is 35.6. The van der Waals surface area contributed by atoms with E-state index in [0.717, 1.165) is 56.5 Å². The number of rotatable bonds is 8. The Balaban J connectivity index is 1.18. The molecule has 6 rings (SSSR count). The van der Waals surface area contributed by atoms with Gasteiger partial charge in [0.15, 0.2) is 4.34 Å². The zero-order chi connectivity index (χ0) is 25.7. The predicted octanol–water partition coefficient (Wildman–Crippen LogP) is 4.37. The number of aromatic nitrogens is 2. The zero-order valence-electron chi connectivity index (χ0n) is 20.3. The highest BCUT2D eigenvalue weighted by Gasteiger charge is 2.62. The fraction of sp³-hybridized carbons (Fsp3) is 0.407. The SMILES string of the molecule is C[C@@H](O)[C@H]1C(=O)N2C(C(=O)O)=C3[C@@H](CSc4nc5ccc(NCc6ccccn6)cc5s4)CCC[C@@H]3[C@H]12. The number of fused-ring (bicyclic) bond motifs is 4. The minimum absolute atomic E-state index is 0.0193. The summed E-state index contributed by atoms with van der Waals surface area (Å²) in [6, 6.07) is 11.8. The molecule has 3 aromatic rings. The number of carbonyl (C=O) groups excluding carboxylic acids is 1. The van der Waals surface area contributed by atoms with Crippen molar-refractivity contribution in [2.45, 2.75) is 49.2 Å². The Morgan fingerprint density at radius 1 is 1.30 bits per heavy atom. The number of nitrogens with zero attached hydrogens (tertiary/aromatic N) is 3. The number of aliphatic carboxylic acids is 1. The molecule has 3 aliphatic rings. The quantitative estimate of drug-likeness (QED) is 0.287. The van der Waals surface area contributed by atoms with Crippen molar-refractivity contribution in [2.24, 2.45) is 17.8 Å². The molecule has 10 heteroatoms. The van der Waals surface area contributed by atoms with Gasteiger partial charge in [0.25, 0.3) is 0 Å².